The second-order valence-corrected chi connectivity index (χ2v) is 7.70. The van der Waals surface area contributed by atoms with E-state index in [9.17, 15) is 9.59 Å². The summed E-state index contributed by atoms with van der Waals surface area (Å²) in [5.74, 6) is 0.0147. The Morgan fingerprint density at radius 2 is 2.14 bits per heavy atom. The Labute approximate surface area is 139 Å². The first-order valence-electron chi connectivity index (χ1n) is 7.39. The van der Waals surface area contributed by atoms with Crippen LogP contribution >= 0.6 is 23.2 Å². The van der Waals surface area contributed by atoms with E-state index in [1.807, 2.05) is 24.3 Å². The number of carbonyl (C=O) groups is 2. The number of halogens is 2. The maximum absolute atomic E-state index is 12.2. The predicted octanol–water partition coefficient (Wildman–Crippen LogP) is 3.01. The van der Waals surface area contributed by atoms with Gasteiger partial charge in [-0.3, -0.25) is 9.59 Å². The van der Waals surface area contributed by atoms with Crippen molar-refractivity contribution in [2.75, 3.05) is 11.4 Å². The summed E-state index contributed by atoms with van der Waals surface area (Å²) in [6, 6.07) is 7.68. The summed E-state index contributed by atoms with van der Waals surface area (Å²) < 4.78 is -0.957. The lowest BCUT2D eigenvalue weighted by Gasteiger charge is -2.17. The average Bonchev–Trinajstić information content (AvgIpc) is 2.82. The average molecular weight is 341 g/mol. The van der Waals surface area contributed by atoms with E-state index in [-0.39, 0.29) is 11.8 Å². The van der Waals surface area contributed by atoms with Crippen molar-refractivity contribution in [2.45, 2.75) is 37.1 Å². The van der Waals surface area contributed by atoms with Crippen LogP contribution in [0.2, 0.25) is 0 Å². The fourth-order valence-corrected chi connectivity index (χ4v) is 3.49. The van der Waals surface area contributed by atoms with Crippen LogP contribution in [-0.4, -0.2) is 22.7 Å². The highest BCUT2D eigenvalue weighted by molar-refractivity contribution is 6.53. The van der Waals surface area contributed by atoms with Gasteiger partial charge in [0.1, 0.15) is 4.33 Å². The van der Waals surface area contributed by atoms with Gasteiger partial charge in [0.25, 0.3) is 0 Å². The number of carbonyl (C=O) groups excluding carboxylic acids is 2. The number of nitrogens with one attached hydrogen (secondary N) is 1. The summed E-state index contributed by atoms with van der Waals surface area (Å²) in [6.07, 6.45) is 1.97. The lowest BCUT2D eigenvalue weighted by molar-refractivity contribution is -0.126. The van der Waals surface area contributed by atoms with Gasteiger partial charge in [0, 0.05) is 25.2 Å². The SMILES string of the molecule is C[C@@]1(C(=O)NCc2cccc(N3CCCC3=O)c2)CC1(Cl)Cl. The molecule has 1 aromatic rings. The molecule has 1 aromatic carbocycles. The summed E-state index contributed by atoms with van der Waals surface area (Å²) in [4.78, 5) is 25.7. The van der Waals surface area contributed by atoms with Gasteiger partial charge in [0.05, 0.1) is 5.41 Å². The van der Waals surface area contributed by atoms with Crippen LogP contribution in [-0.2, 0) is 16.1 Å². The summed E-state index contributed by atoms with van der Waals surface area (Å²) in [5.41, 5.74) is 1.12. The molecule has 3 rings (SSSR count). The minimum absolute atomic E-state index is 0.139. The van der Waals surface area contributed by atoms with Crippen molar-refractivity contribution in [2.24, 2.45) is 5.41 Å². The van der Waals surface area contributed by atoms with Crippen LogP contribution in [0.15, 0.2) is 24.3 Å². The maximum Gasteiger partial charge on any atom is 0.229 e. The third kappa shape index (κ3) is 2.70. The highest BCUT2D eigenvalue weighted by Crippen LogP contribution is 2.63. The molecule has 118 valence electrons. The van der Waals surface area contributed by atoms with Gasteiger partial charge in [-0.05, 0) is 37.5 Å². The molecular formula is C16H18Cl2N2O2. The summed E-state index contributed by atoms with van der Waals surface area (Å²) in [7, 11) is 0. The molecular weight excluding hydrogens is 323 g/mol. The molecule has 1 heterocycles. The number of nitrogens with zero attached hydrogens (tertiary/aromatic N) is 1. The lowest BCUT2D eigenvalue weighted by atomic mass is 10.1. The Morgan fingerprint density at radius 3 is 2.73 bits per heavy atom. The van der Waals surface area contributed by atoms with Gasteiger partial charge in [0.2, 0.25) is 11.8 Å². The molecule has 1 N–H and O–H groups in total. The molecule has 1 saturated heterocycles. The van der Waals surface area contributed by atoms with Crippen LogP contribution in [0, 0.1) is 5.41 Å². The van der Waals surface area contributed by atoms with Gasteiger partial charge >= 0.3 is 0 Å². The Morgan fingerprint density at radius 1 is 1.41 bits per heavy atom. The number of benzene rings is 1. The Balaban J connectivity index is 1.64. The second kappa shape index (κ2) is 5.43. The zero-order chi connectivity index (χ0) is 16.0. The first-order chi connectivity index (χ1) is 10.3. The minimum atomic E-state index is -0.957. The van der Waals surface area contributed by atoms with E-state index in [2.05, 4.69) is 5.32 Å². The molecule has 0 aromatic heterocycles. The number of alkyl halides is 2. The topological polar surface area (TPSA) is 49.4 Å². The minimum Gasteiger partial charge on any atom is -0.351 e. The van der Waals surface area contributed by atoms with E-state index in [0.717, 1.165) is 24.2 Å². The van der Waals surface area contributed by atoms with Crippen LogP contribution in [0.1, 0.15) is 31.7 Å². The standard InChI is InChI=1S/C16H18Cl2N2O2/c1-15(10-16(15,17)18)14(22)19-9-11-4-2-5-12(8-11)20-7-3-6-13(20)21/h2,4-5,8H,3,6-7,9-10H2,1H3,(H,19,22)/t15-/m0/s1. The highest BCUT2D eigenvalue weighted by Gasteiger charge is 2.67. The van der Waals surface area contributed by atoms with E-state index < -0.39 is 9.75 Å². The molecule has 4 nitrogen and oxygen atoms in total. The molecule has 1 aliphatic heterocycles. The van der Waals surface area contributed by atoms with Crippen molar-refractivity contribution in [1.82, 2.24) is 5.32 Å². The summed E-state index contributed by atoms with van der Waals surface area (Å²) in [5, 5.41) is 2.87. The molecule has 6 heteroatoms. The fraction of sp³-hybridized carbons (Fsp3) is 0.500. The monoisotopic (exact) mass is 340 g/mol. The summed E-state index contributed by atoms with van der Waals surface area (Å²) in [6.45, 7) is 2.92. The summed E-state index contributed by atoms with van der Waals surface area (Å²) >= 11 is 12.0. The largest absolute Gasteiger partial charge is 0.351 e. The molecule has 0 spiro atoms. The smallest absolute Gasteiger partial charge is 0.229 e. The van der Waals surface area contributed by atoms with Crippen LogP contribution in [0.4, 0.5) is 5.69 Å². The number of amides is 2. The predicted molar refractivity (Wildman–Crippen MR) is 87.0 cm³/mol. The molecule has 0 radical (unpaired) electrons. The van der Waals surface area contributed by atoms with E-state index in [0.29, 0.717) is 19.4 Å². The lowest BCUT2D eigenvalue weighted by Crippen LogP contribution is -2.32. The molecule has 2 aliphatic rings. The van der Waals surface area contributed by atoms with Crippen LogP contribution in [0.5, 0.6) is 0 Å². The van der Waals surface area contributed by atoms with Gasteiger partial charge in [-0.2, -0.15) is 0 Å². The first-order valence-corrected chi connectivity index (χ1v) is 8.14. The van der Waals surface area contributed by atoms with Gasteiger partial charge in [-0.15, -0.1) is 23.2 Å². The molecule has 0 bridgehead atoms. The Hall–Kier alpha value is -1.26. The van der Waals surface area contributed by atoms with Crippen LogP contribution in [0.25, 0.3) is 0 Å². The van der Waals surface area contributed by atoms with Crippen molar-refractivity contribution in [1.29, 1.82) is 0 Å². The third-order valence-corrected chi connectivity index (χ3v) is 5.61. The van der Waals surface area contributed by atoms with E-state index in [1.54, 1.807) is 11.8 Å². The molecule has 1 atom stereocenters. The van der Waals surface area contributed by atoms with Gasteiger partial charge in [0.15, 0.2) is 0 Å². The van der Waals surface area contributed by atoms with Gasteiger partial charge < -0.3 is 10.2 Å². The van der Waals surface area contributed by atoms with E-state index in [4.69, 9.17) is 23.2 Å². The quantitative estimate of drug-likeness (QED) is 0.856. The van der Waals surface area contributed by atoms with Gasteiger partial charge in [-0.25, -0.2) is 0 Å². The maximum atomic E-state index is 12.2. The van der Waals surface area contributed by atoms with Crippen LogP contribution in [0.3, 0.4) is 0 Å². The molecule has 1 aliphatic carbocycles. The van der Waals surface area contributed by atoms with Crippen molar-refractivity contribution in [3.8, 4) is 0 Å². The highest BCUT2D eigenvalue weighted by atomic mass is 35.5. The Kier molecular flexibility index (Phi) is 3.86. The van der Waals surface area contributed by atoms with Crippen LogP contribution < -0.4 is 10.2 Å². The molecule has 22 heavy (non-hydrogen) atoms. The third-order valence-electron chi connectivity index (χ3n) is 4.51. The van der Waals surface area contributed by atoms with Crippen molar-refractivity contribution in [3.05, 3.63) is 29.8 Å². The first kappa shape index (κ1) is 15.6. The molecule has 2 fully saturated rings. The zero-order valence-electron chi connectivity index (χ0n) is 12.4. The van der Waals surface area contributed by atoms with Crippen molar-refractivity contribution in [3.63, 3.8) is 0 Å². The molecule has 2 amide bonds. The van der Waals surface area contributed by atoms with Crippen molar-refractivity contribution >= 4 is 40.7 Å². The van der Waals surface area contributed by atoms with E-state index in [1.165, 1.54) is 0 Å². The number of anilines is 1. The molecule has 1 saturated carbocycles. The number of rotatable bonds is 4. The van der Waals surface area contributed by atoms with E-state index >= 15 is 0 Å². The van der Waals surface area contributed by atoms with Crippen molar-refractivity contribution < 1.29 is 9.59 Å². The van der Waals surface area contributed by atoms with Gasteiger partial charge in [-0.1, -0.05) is 12.1 Å². The zero-order valence-corrected chi connectivity index (χ0v) is 13.9. The number of hydrogen-bond donors (Lipinski definition) is 1. The second-order valence-electron chi connectivity index (χ2n) is 6.21. The number of hydrogen-bond acceptors (Lipinski definition) is 2. The fourth-order valence-electron chi connectivity index (χ4n) is 2.78. The molecule has 0 unspecified atom stereocenters. The normalized spacial score (nSPS) is 26.1. The Bertz CT molecular complexity index is 632.